The third-order valence-electron chi connectivity index (χ3n) is 4.29. The molecule has 1 aromatic rings. The van der Waals surface area contributed by atoms with Gasteiger partial charge in [-0.2, -0.15) is 13.2 Å². The number of hydrogen-bond acceptors (Lipinski definition) is 4. The number of likely N-dealkylation sites (tertiary alicyclic amines) is 1. The Morgan fingerprint density at radius 3 is 2.62 bits per heavy atom. The molecule has 0 aliphatic carbocycles. The summed E-state index contributed by atoms with van der Waals surface area (Å²) in [4.78, 5) is 10.2. The maximum atomic E-state index is 12.5. The van der Waals surface area contributed by atoms with Crippen molar-refractivity contribution in [2.75, 3.05) is 33.2 Å². The van der Waals surface area contributed by atoms with Crippen LogP contribution in [0.3, 0.4) is 0 Å². The molecule has 0 saturated carbocycles. The van der Waals surface area contributed by atoms with E-state index < -0.39 is 11.9 Å². The van der Waals surface area contributed by atoms with Gasteiger partial charge in [-0.15, -0.1) is 35.3 Å². The first-order valence-corrected chi connectivity index (χ1v) is 9.45. The van der Waals surface area contributed by atoms with Gasteiger partial charge in [0.2, 0.25) is 0 Å². The fourth-order valence-corrected chi connectivity index (χ4v) is 3.44. The maximum Gasteiger partial charge on any atom is 0.434 e. The standard InChI is InChI=1S/C16H26F3N5S.HI/c1-12-4-8-24(9-5-12)7-3-6-21-15(20-2)22-10-14-23-13(11-25-14)16(17,18)19;/h11-12H,3-10H2,1-2H3,(H2,20,21,22);1H. The van der Waals surface area contributed by atoms with Gasteiger partial charge in [0, 0.05) is 19.0 Å². The number of hydrogen-bond donors (Lipinski definition) is 2. The third kappa shape index (κ3) is 7.95. The van der Waals surface area contributed by atoms with E-state index in [0.717, 1.165) is 42.1 Å². The van der Waals surface area contributed by atoms with E-state index in [2.05, 4.69) is 32.4 Å². The zero-order chi connectivity index (χ0) is 18.3. The van der Waals surface area contributed by atoms with Gasteiger partial charge < -0.3 is 15.5 Å². The van der Waals surface area contributed by atoms with E-state index in [4.69, 9.17) is 0 Å². The molecule has 0 radical (unpaired) electrons. The lowest BCUT2D eigenvalue weighted by molar-refractivity contribution is -0.140. The Kier molecular flexibility index (Phi) is 10.2. The predicted molar refractivity (Wildman–Crippen MR) is 110 cm³/mol. The van der Waals surface area contributed by atoms with Crippen molar-refractivity contribution >= 4 is 41.3 Å². The minimum Gasteiger partial charge on any atom is -0.356 e. The van der Waals surface area contributed by atoms with Crippen LogP contribution in [-0.4, -0.2) is 49.1 Å². The van der Waals surface area contributed by atoms with Gasteiger partial charge in [-0.3, -0.25) is 4.99 Å². The molecule has 0 spiro atoms. The zero-order valence-corrected chi connectivity index (χ0v) is 18.3. The van der Waals surface area contributed by atoms with Gasteiger partial charge in [-0.05, 0) is 44.8 Å². The smallest absolute Gasteiger partial charge is 0.356 e. The fraction of sp³-hybridized carbons (Fsp3) is 0.750. The molecule has 2 rings (SSSR count). The third-order valence-corrected chi connectivity index (χ3v) is 5.14. The first kappa shape index (κ1) is 23.4. The number of nitrogens with one attached hydrogen (secondary N) is 2. The van der Waals surface area contributed by atoms with Crippen LogP contribution >= 0.6 is 35.3 Å². The largest absolute Gasteiger partial charge is 0.434 e. The molecule has 0 bridgehead atoms. The molecule has 1 saturated heterocycles. The molecule has 0 amide bonds. The predicted octanol–water partition coefficient (Wildman–Crippen LogP) is 3.57. The number of piperidine rings is 1. The molecular formula is C16H27F3IN5S. The van der Waals surface area contributed by atoms with E-state index in [1.165, 1.54) is 25.9 Å². The van der Waals surface area contributed by atoms with Crippen molar-refractivity contribution in [1.29, 1.82) is 0 Å². The summed E-state index contributed by atoms with van der Waals surface area (Å²) in [5.41, 5.74) is -0.840. The minimum atomic E-state index is -4.39. The molecule has 26 heavy (non-hydrogen) atoms. The molecule has 1 aliphatic heterocycles. The summed E-state index contributed by atoms with van der Waals surface area (Å²) >= 11 is 0.993. The Morgan fingerprint density at radius 1 is 1.35 bits per heavy atom. The van der Waals surface area contributed by atoms with E-state index in [9.17, 15) is 13.2 Å². The van der Waals surface area contributed by atoms with E-state index in [-0.39, 0.29) is 30.5 Å². The number of nitrogens with zero attached hydrogens (tertiary/aromatic N) is 3. The number of rotatable bonds is 6. The highest BCUT2D eigenvalue weighted by Crippen LogP contribution is 2.29. The van der Waals surface area contributed by atoms with Crippen molar-refractivity contribution < 1.29 is 13.2 Å². The Bertz CT molecular complexity index is 556. The van der Waals surface area contributed by atoms with Crippen molar-refractivity contribution in [2.45, 2.75) is 38.9 Å². The molecular weight excluding hydrogens is 478 g/mol. The van der Waals surface area contributed by atoms with Crippen LogP contribution in [0.25, 0.3) is 0 Å². The van der Waals surface area contributed by atoms with Crippen molar-refractivity contribution in [3.05, 3.63) is 16.1 Å². The second-order valence-corrected chi connectivity index (χ2v) is 7.30. The molecule has 2 N–H and O–H groups in total. The Balaban J connectivity index is 0.00000338. The highest BCUT2D eigenvalue weighted by atomic mass is 127. The molecule has 2 heterocycles. The Morgan fingerprint density at radius 2 is 2.04 bits per heavy atom. The monoisotopic (exact) mass is 505 g/mol. The van der Waals surface area contributed by atoms with Crippen LogP contribution in [-0.2, 0) is 12.7 Å². The van der Waals surface area contributed by atoms with Crippen molar-refractivity contribution in [1.82, 2.24) is 20.5 Å². The van der Waals surface area contributed by atoms with Crippen LogP contribution in [0.4, 0.5) is 13.2 Å². The van der Waals surface area contributed by atoms with Gasteiger partial charge in [-0.1, -0.05) is 6.92 Å². The van der Waals surface area contributed by atoms with Gasteiger partial charge in [0.15, 0.2) is 11.7 Å². The van der Waals surface area contributed by atoms with Crippen molar-refractivity contribution in [2.24, 2.45) is 10.9 Å². The maximum absolute atomic E-state index is 12.5. The van der Waals surface area contributed by atoms with Gasteiger partial charge >= 0.3 is 6.18 Å². The number of thiazole rings is 1. The Labute approximate surface area is 173 Å². The summed E-state index contributed by atoms with van der Waals surface area (Å²) in [7, 11) is 1.64. The van der Waals surface area contributed by atoms with Crippen LogP contribution in [0, 0.1) is 5.92 Å². The molecule has 1 fully saturated rings. The number of guanidine groups is 1. The highest BCUT2D eigenvalue weighted by Gasteiger charge is 2.33. The van der Waals surface area contributed by atoms with Gasteiger partial charge in [0.25, 0.3) is 0 Å². The lowest BCUT2D eigenvalue weighted by Crippen LogP contribution is -2.39. The van der Waals surface area contributed by atoms with Crippen LogP contribution in [0.15, 0.2) is 10.4 Å². The number of halogens is 4. The average molecular weight is 505 g/mol. The lowest BCUT2D eigenvalue weighted by atomic mass is 9.99. The van der Waals surface area contributed by atoms with Crippen molar-refractivity contribution in [3.63, 3.8) is 0 Å². The normalized spacial score (nSPS) is 17.0. The molecule has 0 unspecified atom stereocenters. The van der Waals surface area contributed by atoms with Gasteiger partial charge in [-0.25, -0.2) is 4.98 Å². The van der Waals surface area contributed by atoms with Crippen LogP contribution in [0.2, 0.25) is 0 Å². The van der Waals surface area contributed by atoms with E-state index in [1.807, 2.05) is 0 Å². The Hall–Kier alpha value is -0.620. The summed E-state index contributed by atoms with van der Waals surface area (Å²) in [5, 5.41) is 7.61. The second-order valence-electron chi connectivity index (χ2n) is 6.35. The number of aliphatic imine (C=N–C) groups is 1. The molecule has 150 valence electrons. The highest BCUT2D eigenvalue weighted by molar-refractivity contribution is 14.0. The molecule has 10 heteroatoms. The summed E-state index contributed by atoms with van der Waals surface area (Å²) in [6.07, 6.45) is -0.847. The number of alkyl halides is 3. The van der Waals surface area contributed by atoms with Crippen molar-refractivity contribution in [3.8, 4) is 0 Å². The quantitative estimate of drug-likeness (QED) is 0.269. The minimum absolute atomic E-state index is 0. The molecule has 1 aliphatic rings. The summed E-state index contributed by atoms with van der Waals surface area (Å²) < 4.78 is 37.6. The second kappa shape index (κ2) is 11.3. The first-order chi connectivity index (χ1) is 11.9. The van der Waals surface area contributed by atoms with E-state index in [1.54, 1.807) is 7.05 Å². The van der Waals surface area contributed by atoms with Crippen LogP contribution in [0.5, 0.6) is 0 Å². The topological polar surface area (TPSA) is 52.6 Å². The van der Waals surface area contributed by atoms with Crippen LogP contribution < -0.4 is 10.6 Å². The lowest BCUT2D eigenvalue weighted by Gasteiger charge is -2.30. The SMILES string of the molecule is CN=C(NCCCN1CCC(C)CC1)NCc1nc(C(F)(F)F)cs1.I. The molecule has 1 aromatic heterocycles. The molecule has 5 nitrogen and oxygen atoms in total. The summed E-state index contributed by atoms with van der Waals surface area (Å²) in [5.74, 6) is 1.41. The van der Waals surface area contributed by atoms with Gasteiger partial charge in [0.1, 0.15) is 5.01 Å². The number of aromatic nitrogens is 1. The zero-order valence-electron chi connectivity index (χ0n) is 15.1. The molecule has 0 aromatic carbocycles. The molecule has 0 atom stereocenters. The van der Waals surface area contributed by atoms with Crippen LogP contribution in [0.1, 0.15) is 36.9 Å². The van der Waals surface area contributed by atoms with Gasteiger partial charge in [0.05, 0.1) is 6.54 Å². The fourth-order valence-electron chi connectivity index (χ4n) is 2.70. The summed E-state index contributed by atoms with van der Waals surface area (Å²) in [6.45, 7) is 6.69. The first-order valence-electron chi connectivity index (χ1n) is 8.57. The summed E-state index contributed by atoms with van der Waals surface area (Å²) in [6, 6.07) is 0. The van der Waals surface area contributed by atoms with E-state index in [0.29, 0.717) is 11.0 Å². The average Bonchev–Trinajstić information content (AvgIpc) is 3.05. The van der Waals surface area contributed by atoms with E-state index >= 15 is 0 Å².